The quantitative estimate of drug-likeness (QED) is 0.647. The van der Waals surface area contributed by atoms with Gasteiger partial charge < -0.3 is 4.42 Å². The molecule has 1 aliphatic carbocycles. The molecule has 4 rings (SSSR count). The molecule has 0 amide bonds. The number of hydrogen-bond acceptors (Lipinski definition) is 2. The van der Waals surface area contributed by atoms with E-state index in [1.165, 1.54) is 5.56 Å². The average Bonchev–Trinajstić information content (AvgIpc) is 2.59. The fourth-order valence-electron chi connectivity index (χ4n) is 3.61. The van der Waals surface area contributed by atoms with Crippen molar-refractivity contribution in [3.63, 3.8) is 0 Å². The molecular weight excluding hydrogens is 284 g/mol. The molecule has 0 bridgehead atoms. The maximum absolute atomic E-state index is 12.9. The summed E-state index contributed by atoms with van der Waals surface area (Å²) in [4.78, 5) is 12.9. The molecule has 3 aromatic rings. The van der Waals surface area contributed by atoms with Gasteiger partial charge in [-0.05, 0) is 35.1 Å². The summed E-state index contributed by atoms with van der Waals surface area (Å²) in [6.07, 6.45) is 0.736. The molecule has 0 unspecified atom stereocenters. The molecular formula is C21H18O2. The van der Waals surface area contributed by atoms with Gasteiger partial charge in [0.05, 0.1) is 10.9 Å². The van der Waals surface area contributed by atoms with Crippen molar-refractivity contribution in [2.24, 2.45) is 5.92 Å². The minimum absolute atomic E-state index is 0.0465. The van der Waals surface area contributed by atoms with Crippen molar-refractivity contribution in [3.8, 4) is 0 Å². The average molecular weight is 302 g/mol. The Balaban J connectivity index is 1.92. The summed E-state index contributed by atoms with van der Waals surface area (Å²) in [6, 6.07) is 17.8. The third-order valence-corrected chi connectivity index (χ3v) is 4.98. The van der Waals surface area contributed by atoms with Gasteiger partial charge in [0, 0.05) is 6.42 Å². The van der Waals surface area contributed by atoms with Crippen LogP contribution in [-0.4, -0.2) is 0 Å². The van der Waals surface area contributed by atoms with Gasteiger partial charge in [0.15, 0.2) is 5.43 Å². The topological polar surface area (TPSA) is 30.2 Å². The largest absolute Gasteiger partial charge is 0.460 e. The van der Waals surface area contributed by atoms with Gasteiger partial charge >= 0.3 is 0 Å². The first kappa shape index (κ1) is 14.0. The normalized spacial score (nSPS) is 20.5. The van der Waals surface area contributed by atoms with Gasteiger partial charge in [-0.2, -0.15) is 0 Å². The van der Waals surface area contributed by atoms with Gasteiger partial charge in [-0.3, -0.25) is 4.79 Å². The molecule has 0 radical (unpaired) electrons. The van der Waals surface area contributed by atoms with Crippen LogP contribution in [0.5, 0.6) is 0 Å². The number of para-hydroxylation sites is 1. The molecule has 0 N–H and O–H groups in total. The fraction of sp³-hybridized carbons (Fsp3) is 0.190. The minimum Gasteiger partial charge on any atom is -0.460 e. The van der Waals surface area contributed by atoms with Gasteiger partial charge in [0.2, 0.25) is 0 Å². The molecule has 0 saturated heterocycles. The molecule has 114 valence electrons. The molecule has 2 nitrogen and oxygen atoms in total. The summed E-state index contributed by atoms with van der Waals surface area (Å²) in [6.45, 7) is 6.37. The Morgan fingerprint density at radius 1 is 1.04 bits per heavy atom. The van der Waals surface area contributed by atoms with Gasteiger partial charge in [-0.1, -0.05) is 56.0 Å². The lowest BCUT2D eigenvalue weighted by Gasteiger charge is -2.31. The van der Waals surface area contributed by atoms with Gasteiger partial charge in [0.25, 0.3) is 0 Å². The standard InChI is InChI=1S/C21H18O2/c1-13-14(2)20-19(12-17(13)15-8-4-3-5-9-15)23-18-11-7-6-10-16(18)21(20)22/h3-11,13,17H,2,12H2,1H3/t13-,17-/m1/s1. The van der Waals surface area contributed by atoms with Crippen molar-refractivity contribution < 1.29 is 4.42 Å². The van der Waals surface area contributed by atoms with E-state index in [1.54, 1.807) is 0 Å². The predicted octanol–water partition coefficient (Wildman–Crippen LogP) is 4.78. The van der Waals surface area contributed by atoms with Crippen LogP contribution in [0.3, 0.4) is 0 Å². The highest BCUT2D eigenvalue weighted by molar-refractivity contribution is 5.82. The summed E-state index contributed by atoms with van der Waals surface area (Å²) >= 11 is 0. The first-order chi connectivity index (χ1) is 11.2. The highest BCUT2D eigenvalue weighted by Crippen LogP contribution is 2.42. The van der Waals surface area contributed by atoms with E-state index in [4.69, 9.17) is 4.42 Å². The molecule has 0 aliphatic heterocycles. The summed E-state index contributed by atoms with van der Waals surface area (Å²) in [5, 5.41) is 0.637. The zero-order chi connectivity index (χ0) is 16.0. The van der Waals surface area contributed by atoms with Crippen LogP contribution in [0.25, 0.3) is 16.5 Å². The second kappa shape index (κ2) is 5.24. The van der Waals surface area contributed by atoms with Crippen LogP contribution in [0.2, 0.25) is 0 Å². The van der Waals surface area contributed by atoms with E-state index in [-0.39, 0.29) is 11.3 Å². The molecule has 0 saturated carbocycles. The summed E-state index contributed by atoms with van der Waals surface area (Å²) in [7, 11) is 0. The zero-order valence-corrected chi connectivity index (χ0v) is 13.1. The molecule has 2 atom stereocenters. The van der Waals surface area contributed by atoms with E-state index < -0.39 is 0 Å². The smallest absolute Gasteiger partial charge is 0.200 e. The van der Waals surface area contributed by atoms with E-state index in [0.29, 0.717) is 22.5 Å². The summed E-state index contributed by atoms with van der Waals surface area (Å²) in [5.74, 6) is 1.28. The first-order valence-corrected chi connectivity index (χ1v) is 7.95. The Morgan fingerprint density at radius 2 is 1.74 bits per heavy atom. The number of fused-ring (bicyclic) bond motifs is 2. The Labute approximate surface area is 135 Å². The number of hydrogen-bond donors (Lipinski definition) is 0. The summed E-state index contributed by atoms with van der Waals surface area (Å²) < 4.78 is 6.07. The van der Waals surface area contributed by atoms with E-state index in [0.717, 1.165) is 17.8 Å². The van der Waals surface area contributed by atoms with Crippen molar-refractivity contribution in [1.82, 2.24) is 0 Å². The first-order valence-electron chi connectivity index (χ1n) is 7.95. The van der Waals surface area contributed by atoms with Crippen LogP contribution in [0.1, 0.15) is 29.7 Å². The third-order valence-electron chi connectivity index (χ3n) is 4.98. The van der Waals surface area contributed by atoms with E-state index in [1.807, 2.05) is 30.3 Å². The number of rotatable bonds is 1. The van der Waals surface area contributed by atoms with Crippen LogP contribution >= 0.6 is 0 Å². The van der Waals surface area contributed by atoms with Crippen LogP contribution in [0, 0.1) is 5.92 Å². The van der Waals surface area contributed by atoms with Crippen molar-refractivity contribution >= 4 is 16.5 Å². The maximum Gasteiger partial charge on any atom is 0.200 e. The highest BCUT2D eigenvalue weighted by Gasteiger charge is 2.33. The second-order valence-electron chi connectivity index (χ2n) is 6.26. The number of benzene rings is 2. The van der Waals surface area contributed by atoms with Crippen LogP contribution < -0.4 is 5.43 Å². The predicted molar refractivity (Wildman–Crippen MR) is 93.6 cm³/mol. The van der Waals surface area contributed by atoms with Gasteiger partial charge in [0.1, 0.15) is 11.3 Å². The van der Waals surface area contributed by atoms with E-state index in [2.05, 4.69) is 37.8 Å². The van der Waals surface area contributed by atoms with E-state index in [9.17, 15) is 4.79 Å². The third kappa shape index (κ3) is 2.14. The maximum atomic E-state index is 12.9. The lowest BCUT2D eigenvalue weighted by molar-refractivity contribution is 0.448. The van der Waals surface area contributed by atoms with Gasteiger partial charge in [-0.25, -0.2) is 0 Å². The molecule has 1 aromatic heterocycles. The van der Waals surface area contributed by atoms with Crippen molar-refractivity contribution in [2.75, 3.05) is 0 Å². The molecule has 1 heterocycles. The van der Waals surface area contributed by atoms with Crippen molar-refractivity contribution in [3.05, 3.63) is 88.3 Å². The van der Waals surface area contributed by atoms with Crippen LogP contribution in [-0.2, 0) is 6.42 Å². The zero-order valence-electron chi connectivity index (χ0n) is 13.1. The molecule has 2 heteroatoms. The van der Waals surface area contributed by atoms with Crippen molar-refractivity contribution in [2.45, 2.75) is 19.3 Å². The van der Waals surface area contributed by atoms with Crippen LogP contribution in [0.15, 0.2) is 70.4 Å². The van der Waals surface area contributed by atoms with E-state index >= 15 is 0 Å². The monoisotopic (exact) mass is 302 g/mol. The molecule has 2 aromatic carbocycles. The second-order valence-corrected chi connectivity index (χ2v) is 6.26. The Bertz CT molecular complexity index is 950. The van der Waals surface area contributed by atoms with Crippen molar-refractivity contribution in [1.29, 1.82) is 0 Å². The molecule has 0 fully saturated rings. The Hall–Kier alpha value is -2.61. The molecule has 23 heavy (non-hydrogen) atoms. The Morgan fingerprint density at radius 3 is 2.52 bits per heavy atom. The highest BCUT2D eigenvalue weighted by atomic mass is 16.3. The van der Waals surface area contributed by atoms with Gasteiger partial charge in [-0.15, -0.1) is 0 Å². The number of allylic oxidation sites excluding steroid dienone is 1. The minimum atomic E-state index is 0.0465. The SMILES string of the molecule is C=C1c2c(oc3ccccc3c2=O)C[C@@H](c2ccccc2)[C@@H]1C. The fourth-order valence-corrected chi connectivity index (χ4v) is 3.61. The summed E-state index contributed by atoms with van der Waals surface area (Å²) in [5.41, 5.74) is 3.54. The van der Waals surface area contributed by atoms with Crippen LogP contribution in [0.4, 0.5) is 0 Å². The lowest BCUT2D eigenvalue weighted by Crippen LogP contribution is -2.25. The molecule has 0 spiro atoms. The Kier molecular flexibility index (Phi) is 3.19. The molecule has 1 aliphatic rings. The lowest BCUT2D eigenvalue weighted by atomic mass is 9.73.